The highest BCUT2D eigenvalue weighted by molar-refractivity contribution is 5.88. The van der Waals surface area contributed by atoms with Gasteiger partial charge in [0.15, 0.2) is 0 Å². The van der Waals surface area contributed by atoms with Crippen LogP contribution in [0.4, 0.5) is 9.59 Å². The zero-order chi connectivity index (χ0) is 41.3. The quantitative estimate of drug-likeness (QED) is 0.108. The van der Waals surface area contributed by atoms with Crippen molar-refractivity contribution in [1.29, 1.82) is 0 Å². The van der Waals surface area contributed by atoms with Crippen molar-refractivity contribution in [1.82, 2.24) is 40.4 Å². The number of aromatic nitrogens is 4. The molecule has 4 aromatic rings. The van der Waals surface area contributed by atoms with Crippen LogP contribution >= 0.6 is 0 Å². The summed E-state index contributed by atoms with van der Waals surface area (Å²) in [6, 6.07) is 10.7. The number of carbonyl (C=O) groups excluding carboxylic acids is 6. The molecule has 18 nitrogen and oxygen atoms in total. The van der Waals surface area contributed by atoms with E-state index in [1.54, 1.807) is 16.0 Å². The number of nitrogens with zero attached hydrogens (tertiary/aromatic N) is 4. The molecule has 0 saturated carbocycles. The first-order valence-corrected chi connectivity index (χ1v) is 19.0. The molecule has 304 valence electrons. The lowest BCUT2D eigenvalue weighted by atomic mass is 10.1. The maximum absolute atomic E-state index is 13.6. The Hall–Kier alpha value is -6.90. The summed E-state index contributed by atoms with van der Waals surface area (Å²) in [4.78, 5) is 93.2. The van der Waals surface area contributed by atoms with Crippen LogP contribution in [0, 0.1) is 11.8 Å². The fourth-order valence-electron chi connectivity index (χ4n) is 7.32. The van der Waals surface area contributed by atoms with Crippen molar-refractivity contribution in [2.75, 3.05) is 27.3 Å². The Kier molecular flexibility index (Phi) is 12.9. The maximum atomic E-state index is 13.6. The molecule has 8 N–H and O–H groups in total. The second-order valence-corrected chi connectivity index (χ2v) is 14.1. The average molecular weight is 795 g/mol. The highest BCUT2D eigenvalue weighted by Gasteiger charge is 2.38. The molecule has 2 aromatic carbocycles. The zero-order valence-corrected chi connectivity index (χ0v) is 32.2. The van der Waals surface area contributed by atoms with E-state index in [0.717, 1.165) is 40.7 Å². The summed E-state index contributed by atoms with van der Waals surface area (Å²) in [6.07, 6.45) is 2.95. The van der Waals surface area contributed by atoms with Gasteiger partial charge in [0.05, 0.1) is 49.2 Å². The van der Waals surface area contributed by atoms with Crippen molar-refractivity contribution in [3.63, 3.8) is 0 Å². The first-order chi connectivity index (χ1) is 27.9. The summed E-state index contributed by atoms with van der Waals surface area (Å²) in [5.41, 5.74) is 15.3. The predicted molar refractivity (Wildman–Crippen MR) is 209 cm³/mol. The molecule has 2 aromatic heterocycles. The third-order valence-electron chi connectivity index (χ3n) is 10.3. The van der Waals surface area contributed by atoms with Gasteiger partial charge in [0.2, 0.25) is 23.6 Å². The Morgan fingerprint density at radius 1 is 0.776 bits per heavy atom. The van der Waals surface area contributed by atoms with Gasteiger partial charge in [-0.2, -0.15) is 0 Å². The number of alkyl carbamates (subject to hydrolysis) is 2. The molecule has 2 fully saturated rings. The van der Waals surface area contributed by atoms with E-state index in [4.69, 9.17) is 16.5 Å². The molecule has 2 saturated heterocycles. The molecule has 4 atom stereocenters. The molecule has 0 spiro atoms. The summed E-state index contributed by atoms with van der Waals surface area (Å²) in [7, 11) is 2.40. The summed E-state index contributed by atoms with van der Waals surface area (Å²) in [5, 5.41) is 5.05. The number of rotatable bonds is 13. The Morgan fingerprint density at radius 3 is 1.86 bits per heavy atom. The standard InChI is InChI=1S/C40H46N10O8/c1-57-39(55)47-27(15-17-33(41)51)37(53)49-19-3-5-31(49)35-43-22-30(46-35)25-12-9-23(10-13-25)7-8-24-11-14-26-29(21-24)45-36(44-26)32-6-4-20-50(32)38(54)28(16-18-34(42)52)48-40(56)58-2/h9-14,21-22,27-28,31-32H,3-6,15-20H2,1-2H3,(H2,41,51)(H2,42,52)(H,43,46)(H,44,45)(H,47,55)(H,48,56). The number of aromatic amines is 2. The summed E-state index contributed by atoms with van der Waals surface area (Å²) >= 11 is 0. The molecule has 58 heavy (non-hydrogen) atoms. The molecular formula is C40H46N10O8. The summed E-state index contributed by atoms with van der Waals surface area (Å²) < 4.78 is 9.37. The van der Waals surface area contributed by atoms with Crippen LogP contribution in [0.3, 0.4) is 0 Å². The van der Waals surface area contributed by atoms with Crippen molar-refractivity contribution in [3.8, 4) is 23.1 Å². The van der Waals surface area contributed by atoms with Crippen molar-refractivity contribution in [2.45, 2.75) is 75.5 Å². The van der Waals surface area contributed by atoms with Crippen LogP contribution in [0.15, 0.2) is 48.7 Å². The normalized spacial score (nSPS) is 17.2. The molecule has 2 aliphatic heterocycles. The van der Waals surface area contributed by atoms with Crippen LogP contribution in [-0.4, -0.2) is 105 Å². The van der Waals surface area contributed by atoms with Gasteiger partial charge in [-0.3, -0.25) is 19.2 Å². The van der Waals surface area contributed by atoms with Gasteiger partial charge < -0.3 is 51.3 Å². The van der Waals surface area contributed by atoms with Crippen LogP contribution in [0.5, 0.6) is 0 Å². The molecule has 2 aliphatic rings. The van der Waals surface area contributed by atoms with E-state index in [1.807, 2.05) is 42.5 Å². The lowest BCUT2D eigenvalue weighted by Crippen LogP contribution is -2.48. The van der Waals surface area contributed by atoms with E-state index in [9.17, 15) is 28.8 Å². The number of carbonyl (C=O) groups is 6. The molecule has 6 amide bonds. The fourth-order valence-corrected chi connectivity index (χ4v) is 7.32. The van der Waals surface area contributed by atoms with Gasteiger partial charge in [0.1, 0.15) is 23.7 Å². The molecule has 18 heteroatoms. The number of H-pyrrole nitrogens is 2. The van der Waals surface area contributed by atoms with E-state index < -0.39 is 36.1 Å². The van der Waals surface area contributed by atoms with E-state index in [1.165, 1.54) is 14.2 Å². The van der Waals surface area contributed by atoms with E-state index in [-0.39, 0.29) is 49.6 Å². The monoisotopic (exact) mass is 794 g/mol. The first kappa shape index (κ1) is 40.8. The minimum Gasteiger partial charge on any atom is -0.453 e. The maximum Gasteiger partial charge on any atom is 0.407 e. The predicted octanol–water partition coefficient (Wildman–Crippen LogP) is 2.66. The van der Waals surface area contributed by atoms with Crippen LogP contribution in [0.2, 0.25) is 0 Å². The number of imidazole rings is 2. The third-order valence-corrected chi connectivity index (χ3v) is 10.3. The van der Waals surface area contributed by atoms with Crippen molar-refractivity contribution in [2.24, 2.45) is 11.5 Å². The number of amides is 6. The van der Waals surface area contributed by atoms with Gasteiger partial charge in [-0.05, 0) is 74.4 Å². The number of hydrogen-bond acceptors (Lipinski definition) is 10. The van der Waals surface area contributed by atoms with Crippen molar-refractivity contribution >= 4 is 46.8 Å². The molecule has 4 heterocycles. The second-order valence-electron chi connectivity index (χ2n) is 14.1. The number of hydrogen-bond donors (Lipinski definition) is 6. The Morgan fingerprint density at radius 2 is 1.31 bits per heavy atom. The minimum atomic E-state index is -0.974. The smallest absolute Gasteiger partial charge is 0.407 e. The van der Waals surface area contributed by atoms with Crippen LogP contribution in [0.25, 0.3) is 22.3 Å². The number of ether oxygens (including phenoxy) is 2. The summed E-state index contributed by atoms with van der Waals surface area (Å²) in [5.74, 6) is 5.80. The van der Waals surface area contributed by atoms with Crippen molar-refractivity contribution < 1.29 is 38.2 Å². The average Bonchev–Trinajstić information content (AvgIpc) is 4.05. The largest absolute Gasteiger partial charge is 0.453 e. The van der Waals surface area contributed by atoms with Crippen molar-refractivity contribution in [3.05, 3.63) is 71.4 Å². The Bertz CT molecular complexity index is 2240. The lowest BCUT2D eigenvalue weighted by molar-refractivity contribution is -0.135. The SMILES string of the molecule is COC(=O)NC(CCC(N)=O)C(=O)N1CCCC1c1ncc(-c2ccc(C#Cc3ccc4nc(C5CCCN5C(=O)C(CCC(N)=O)NC(=O)OC)[nH]c4c3)cc2)[nH]1. The van der Waals surface area contributed by atoms with E-state index >= 15 is 0 Å². The first-order valence-electron chi connectivity index (χ1n) is 19.0. The number of methoxy groups -OCH3 is 2. The molecule has 0 radical (unpaired) electrons. The van der Waals surface area contributed by atoms with Gasteiger partial charge in [0.25, 0.3) is 0 Å². The van der Waals surface area contributed by atoms with Crippen LogP contribution < -0.4 is 22.1 Å². The van der Waals surface area contributed by atoms with E-state index in [2.05, 4.69) is 46.9 Å². The fraction of sp³-hybridized carbons (Fsp3) is 0.400. The Labute approximate surface area is 333 Å². The number of fused-ring (bicyclic) bond motifs is 1. The lowest BCUT2D eigenvalue weighted by Gasteiger charge is -2.28. The number of nitrogens with two attached hydrogens (primary N) is 2. The molecule has 6 rings (SSSR count). The van der Waals surface area contributed by atoms with Gasteiger partial charge in [0, 0.05) is 37.1 Å². The van der Waals surface area contributed by atoms with Gasteiger partial charge in [-0.15, -0.1) is 0 Å². The van der Waals surface area contributed by atoms with Gasteiger partial charge in [-0.1, -0.05) is 24.0 Å². The number of nitrogens with one attached hydrogen (secondary N) is 4. The molecule has 0 bridgehead atoms. The highest BCUT2D eigenvalue weighted by atomic mass is 16.5. The molecule has 4 unspecified atom stereocenters. The zero-order valence-electron chi connectivity index (χ0n) is 32.2. The van der Waals surface area contributed by atoms with Gasteiger partial charge >= 0.3 is 12.2 Å². The topological polar surface area (TPSA) is 261 Å². The van der Waals surface area contributed by atoms with E-state index in [0.29, 0.717) is 43.1 Å². The molecule has 0 aliphatic carbocycles. The number of primary amides is 2. The summed E-state index contributed by atoms with van der Waals surface area (Å²) in [6.45, 7) is 0.933. The van der Waals surface area contributed by atoms with Gasteiger partial charge in [-0.25, -0.2) is 19.6 Å². The number of benzene rings is 2. The van der Waals surface area contributed by atoms with Crippen LogP contribution in [-0.2, 0) is 28.7 Å². The Balaban J connectivity index is 1.11. The molecular weight excluding hydrogens is 749 g/mol. The minimum absolute atomic E-state index is 0.0486. The highest BCUT2D eigenvalue weighted by Crippen LogP contribution is 2.34. The third kappa shape index (κ3) is 9.72. The van der Waals surface area contributed by atoms with Crippen LogP contribution in [0.1, 0.15) is 86.2 Å². The second kappa shape index (κ2) is 18.4. The number of likely N-dealkylation sites (tertiary alicyclic amines) is 2.